The lowest BCUT2D eigenvalue weighted by Gasteiger charge is -2.10. The predicted octanol–water partition coefficient (Wildman–Crippen LogP) is 3.70. The Morgan fingerprint density at radius 2 is 1.81 bits per heavy atom. The number of carbonyl (C=O) groups excluding carboxylic acids is 2. The average Bonchev–Trinajstić information content (AvgIpc) is 2.67. The number of ether oxygens (including phenoxy) is 2. The van der Waals surface area contributed by atoms with E-state index in [2.05, 4.69) is 22.3 Å². The SMILES string of the molecule is CCCCOc1cccc(NC(=O)CNc2ccc(C(=O)OC)cc2)c1. The van der Waals surface area contributed by atoms with Gasteiger partial charge in [-0.2, -0.15) is 0 Å². The zero-order chi connectivity index (χ0) is 18.8. The molecule has 0 aliphatic heterocycles. The van der Waals surface area contributed by atoms with Crippen LogP contribution in [0.25, 0.3) is 0 Å². The van der Waals surface area contributed by atoms with Gasteiger partial charge in [-0.15, -0.1) is 0 Å². The van der Waals surface area contributed by atoms with Gasteiger partial charge in [-0.25, -0.2) is 4.79 Å². The lowest BCUT2D eigenvalue weighted by molar-refractivity contribution is -0.114. The highest BCUT2D eigenvalue weighted by Gasteiger charge is 2.06. The average molecular weight is 356 g/mol. The number of methoxy groups -OCH3 is 1. The summed E-state index contributed by atoms with van der Waals surface area (Å²) in [5.41, 5.74) is 1.89. The minimum Gasteiger partial charge on any atom is -0.494 e. The standard InChI is InChI=1S/C20H24N2O4/c1-3-4-12-26-18-7-5-6-17(13-18)22-19(23)14-21-16-10-8-15(9-11-16)20(24)25-2/h5-11,13,21H,3-4,12,14H2,1-2H3,(H,22,23). The number of esters is 1. The number of nitrogens with one attached hydrogen (secondary N) is 2. The lowest BCUT2D eigenvalue weighted by Crippen LogP contribution is -2.21. The van der Waals surface area contributed by atoms with Crippen LogP contribution in [0.4, 0.5) is 11.4 Å². The van der Waals surface area contributed by atoms with E-state index in [9.17, 15) is 9.59 Å². The fourth-order valence-corrected chi connectivity index (χ4v) is 2.23. The summed E-state index contributed by atoms with van der Waals surface area (Å²) in [6.07, 6.45) is 2.07. The third-order valence-electron chi connectivity index (χ3n) is 3.64. The molecule has 6 nitrogen and oxygen atoms in total. The van der Waals surface area contributed by atoms with Crippen molar-refractivity contribution in [3.63, 3.8) is 0 Å². The molecule has 0 unspecified atom stereocenters. The van der Waals surface area contributed by atoms with Crippen LogP contribution in [0, 0.1) is 0 Å². The van der Waals surface area contributed by atoms with Gasteiger partial charge in [0.05, 0.1) is 25.8 Å². The normalized spacial score (nSPS) is 10.1. The minimum absolute atomic E-state index is 0.110. The molecular weight excluding hydrogens is 332 g/mol. The monoisotopic (exact) mass is 356 g/mol. The van der Waals surface area contributed by atoms with Crippen molar-refractivity contribution in [2.45, 2.75) is 19.8 Å². The maximum Gasteiger partial charge on any atom is 0.337 e. The van der Waals surface area contributed by atoms with E-state index in [4.69, 9.17) is 4.74 Å². The molecule has 2 rings (SSSR count). The zero-order valence-corrected chi connectivity index (χ0v) is 15.1. The highest BCUT2D eigenvalue weighted by atomic mass is 16.5. The Kier molecular flexibility index (Phi) is 7.49. The molecule has 0 aliphatic carbocycles. The third-order valence-corrected chi connectivity index (χ3v) is 3.64. The van der Waals surface area contributed by atoms with E-state index < -0.39 is 5.97 Å². The van der Waals surface area contributed by atoms with Gasteiger partial charge in [0, 0.05) is 17.4 Å². The molecule has 2 aromatic rings. The smallest absolute Gasteiger partial charge is 0.337 e. The Morgan fingerprint density at radius 3 is 2.50 bits per heavy atom. The summed E-state index contributed by atoms with van der Waals surface area (Å²) < 4.78 is 10.3. The molecular formula is C20H24N2O4. The van der Waals surface area contributed by atoms with Gasteiger partial charge in [0.2, 0.25) is 5.91 Å². The van der Waals surface area contributed by atoms with Crippen LogP contribution in [0.3, 0.4) is 0 Å². The van der Waals surface area contributed by atoms with Gasteiger partial charge in [-0.1, -0.05) is 19.4 Å². The van der Waals surface area contributed by atoms with Crippen molar-refractivity contribution in [1.29, 1.82) is 0 Å². The Hall–Kier alpha value is -3.02. The molecule has 2 N–H and O–H groups in total. The van der Waals surface area contributed by atoms with E-state index in [1.54, 1.807) is 30.3 Å². The summed E-state index contributed by atoms with van der Waals surface area (Å²) >= 11 is 0. The fourth-order valence-electron chi connectivity index (χ4n) is 2.23. The first-order valence-corrected chi connectivity index (χ1v) is 8.57. The number of benzene rings is 2. The van der Waals surface area contributed by atoms with Crippen LogP contribution in [-0.2, 0) is 9.53 Å². The van der Waals surface area contributed by atoms with Gasteiger partial charge in [0.15, 0.2) is 0 Å². The quantitative estimate of drug-likeness (QED) is 0.529. The van der Waals surface area contributed by atoms with Crippen LogP contribution in [-0.4, -0.2) is 32.1 Å². The van der Waals surface area contributed by atoms with E-state index in [0.717, 1.165) is 24.3 Å². The highest BCUT2D eigenvalue weighted by molar-refractivity contribution is 5.94. The molecule has 0 bridgehead atoms. The first-order valence-electron chi connectivity index (χ1n) is 8.57. The van der Waals surface area contributed by atoms with Crippen LogP contribution in [0.15, 0.2) is 48.5 Å². The number of amides is 1. The van der Waals surface area contributed by atoms with Gasteiger partial charge in [-0.3, -0.25) is 4.79 Å². The minimum atomic E-state index is -0.393. The molecule has 0 fully saturated rings. The second kappa shape index (κ2) is 10.1. The number of anilines is 2. The predicted molar refractivity (Wildman–Crippen MR) is 102 cm³/mol. The highest BCUT2D eigenvalue weighted by Crippen LogP contribution is 2.18. The van der Waals surface area contributed by atoms with Gasteiger partial charge >= 0.3 is 5.97 Å². The van der Waals surface area contributed by atoms with Gasteiger partial charge in [0.1, 0.15) is 5.75 Å². The van der Waals surface area contributed by atoms with E-state index in [1.807, 2.05) is 18.2 Å². The molecule has 6 heteroatoms. The first kappa shape index (κ1) is 19.3. The Labute approximate surface area is 153 Å². The van der Waals surface area contributed by atoms with Gasteiger partial charge in [0.25, 0.3) is 0 Å². The van der Waals surface area contributed by atoms with Gasteiger partial charge in [-0.05, 0) is 42.8 Å². The summed E-state index contributed by atoms with van der Waals surface area (Å²) in [6.45, 7) is 2.88. The van der Waals surface area contributed by atoms with Crippen molar-refractivity contribution in [1.82, 2.24) is 0 Å². The zero-order valence-electron chi connectivity index (χ0n) is 15.1. The van der Waals surface area contributed by atoms with E-state index in [-0.39, 0.29) is 12.5 Å². The van der Waals surface area contributed by atoms with Crippen molar-refractivity contribution in [2.75, 3.05) is 30.9 Å². The van der Waals surface area contributed by atoms with Crippen molar-refractivity contribution in [3.8, 4) is 5.75 Å². The molecule has 0 saturated carbocycles. The van der Waals surface area contributed by atoms with Crippen molar-refractivity contribution in [3.05, 3.63) is 54.1 Å². The molecule has 0 radical (unpaired) electrons. The van der Waals surface area contributed by atoms with Crippen molar-refractivity contribution in [2.24, 2.45) is 0 Å². The van der Waals surface area contributed by atoms with Crippen molar-refractivity contribution < 1.29 is 19.1 Å². The van der Waals surface area contributed by atoms with Crippen LogP contribution in [0.2, 0.25) is 0 Å². The maximum absolute atomic E-state index is 12.1. The van der Waals surface area contributed by atoms with E-state index >= 15 is 0 Å². The molecule has 138 valence electrons. The topological polar surface area (TPSA) is 76.7 Å². The first-order chi connectivity index (χ1) is 12.6. The molecule has 0 aliphatic rings. The fraction of sp³-hybridized carbons (Fsp3) is 0.300. The lowest BCUT2D eigenvalue weighted by atomic mass is 10.2. The second-order valence-corrected chi connectivity index (χ2v) is 5.70. The van der Waals surface area contributed by atoms with Crippen LogP contribution in [0.1, 0.15) is 30.1 Å². The van der Waals surface area contributed by atoms with E-state index in [0.29, 0.717) is 17.9 Å². The number of carbonyl (C=O) groups is 2. The number of hydrogen-bond donors (Lipinski definition) is 2. The molecule has 0 heterocycles. The van der Waals surface area contributed by atoms with Crippen molar-refractivity contribution >= 4 is 23.3 Å². The third kappa shape index (κ3) is 6.12. The summed E-state index contributed by atoms with van der Waals surface area (Å²) in [5.74, 6) is 0.172. The summed E-state index contributed by atoms with van der Waals surface area (Å²) in [4.78, 5) is 23.5. The Bertz CT molecular complexity index is 729. The van der Waals surface area contributed by atoms with Gasteiger partial charge < -0.3 is 20.1 Å². The van der Waals surface area contributed by atoms with Crippen LogP contribution >= 0.6 is 0 Å². The van der Waals surface area contributed by atoms with Crippen LogP contribution < -0.4 is 15.4 Å². The molecule has 0 spiro atoms. The Morgan fingerprint density at radius 1 is 1.04 bits per heavy atom. The molecule has 0 atom stereocenters. The van der Waals surface area contributed by atoms with Crippen LogP contribution in [0.5, 0.6) is 5.75 Å². The number of rotatable bonds is 9. The van der Waals surface area contributed by atoms with E-state index in [1.165, 1.54) is 7.11 Å². The summed E-state index contributed by atoms with van der Waals surface area (Å²) in [5, 5.41) is 5.84. The maximum atomic E-state index is 12.1. The summed E-state index contributed by atoms with van der Waals surface area (Å²) in [6, 6.07) is 14.1. The Balaban J connectivity index is 1.83. The number of unbranched alkanes of at least 4 members (excludes halogenated alkanes) is 1. The summed E-state index contributed by atoms with van der Waals surface area (Å²) in [7, 11) is 1.34. The molecule has 2 aromatic carbocycles. The molecule has 26 heavy (non-hydrogen) atoms. The second-order valence-electron chi connectivity index (χ2n) is 5.70. The molecule has 1 amide bonds. The largest absolute Gasteiger partial charge is 0.494 e. The molecule has 0 aromatic heterocycles. The number of hydrogen-bond acceptors (Lipinski definition) is 5. The molecule has 0 saturated heterocycles.